The summed E-state index contributed by atoms with van der Waals surface area (Å²) in [4.78, 5) is -0.125. The minimum Gasteiger partial charge on any atom is -0.335 e. The smallest absolute Gasteiger partial charge is 0.306 e. The zero-order valence-electron chi connectivity index (χ0n) is 13.3. The Labute approximate surface area is 142 Å². The second kappa shape index (κ2) is 5.68. The molecule has 0 spiro atoms. The molecule has 7 heteroatoms. The zero-order chi connectivity index (χ0) is 17.6. The molecule has 0 bridgehead atoms. The largest absolute Gasteiger partial charge is 0.335 e. The van der Waals surface area contributed by atoms with Gasteiger partial charge in [-0.3, -0.25) is 0 Å². The van der Waals surface area contributed by atoms with Gasteiger partial charge in [0.15, 0.2) is 0 Å². The Kier molecular flexibility index (Phi) is 4.06. The van der Waals surface area contributed by atoms with Crippen LogP contribution in [0.4, 0.5) is 0 Å². The summed E-state index contributed by atoms with van der Waals surface area (Å²) in [5, 5.41) is 0. The average molecular weight is 366 g/mol. The fourth-order valence-electron chi connectivity index (χ4n) is 2.79. The molecule has 5 nitrogen and oxygen atoms in total. The minimum atomic E-state index is -4.24. The summed E-state index contributed by atoms with van der Waals surface area (Å²) in [6.45, 7) is 3.49. The second-order valence-corrected chi connectivity index (χ2v) is 10.4. The van der Waals surface area contributed by atoms with Crippen LogP contribution < -0.4 is 0 Å². The summed E-state index contributed by atoms with van der Waals surface area (Å²) < 4.78 is 55.7. The number of hydrogen-bond acceptors (Lipinski definition) is 5. The Morgan fingerprint density at radius 1 is 0.792 bits per heavy atom. The Morgan fingerprint density at radius 3 is 1.46 bits per heavy atom. The van der Waals surface area contributed by atoms with Crippen LogP contribution in [-0.4, -0.2) is 27.2 Å². The lowest BCUT2D eigenvalue weighted by atomic mass is 10.1. The van der Waals surface area contributed by atoms with E-state index in [9.17, 15) is 16.8 Å². The normalized spacial score (nSPS) is 20.0. The fraction of sp³-hybridized carbons (Fsp3) is 0.294. The van der Waals surface area contributed by atoms with Crippen molar-refractivity contribution in [3.05, 3.63) is 60.7 Å². The summed E-state index contributed by atoms with van der Waals surface area (Å²) in [6.07, 6.45) is -0.909. The van der Waals surface area contributed by atoms with Crippen molar-refractivity contribution < 1.29 is 21.6 Å². The first-order valence-corrected chi connectivity index (χ1v) is 10.5. The molecule has 1 heterocycles. The highest BCUT2D eigenvalue weighted by atomic mass is 32.3. The number of rotatable bonds is 5. The molecule has 1 saturated heterocycles. The maximum Gasteiger partial charge on any atom is 0.306 e. The average Bonchev–Trinajstić information content (AvgIpc) is 3.35. The van der Waals surface area contributed by atoms with Gasteiger partial charge in [-0.2, -0.15) is 0 Å². The summed E-state index contributed by atoms with van der Waals surface area (Å²) in [5.74, 6) is -0.262. The van der Waals surface area contributed by atoms with Gasteiger partial charge in [0.05, 0.1) is 9.79 Å². The van der Waals surface area contributed by atoms with Crippen LogP contribution in [0.2, 0.25) is 0 Å². The van der Waals surface area contributed by atoms with Crippen LogP contribution in [0.25, 0.3) is 0 Å². The van der Waals surface area contributed by atoms with Crippen molar-refractivity contribution >= 4 is 19.7 Å². The number of ether oxygens (including phenoxy) is 1. The van der Waals surface area contributed by atoms with Crippen LogP contribution in [-0.2, 0) is 24.4 Å². The van der Waals surface area contributed by atoms with E-state index in [0.717, 1.165) is 0 Å². The molecule has 1 aliphatic heterocycles. The van der Waals surface area contributed by atoms with Gasteiger partial charge in [0.2, 0.25) is 19.7 Å². The molecule has 0 aromatic heterocycles. The topological polar surface area (TPSA) is 80.8 Å². The molecule has 0 aliphatic carbocycles. The van der Waals surface area contributed by atoms with Crippen molar-refractivity contribution in [2.24, 2.45) is 5.92 Å². The monoisotopic (exact) mass is 366 g/mol. The van der Waals surface area contributed by atoms with Gasteiger partial charge in [0.25, 0.3) is 0 Å². The molecular weight excluding hydrogens is 348 g/mol. The Balaban J connectivity index is 2.22. The van der Waals surface area contributed by atoms with Gasteiger partial charge in [-0.15, -0.1) is 0 Å². The summed E-state index contributed by atoms with van der Waals surface area (Å²) >= 11 is 0. The maximum atomic E-state index is 13.1. The molecule has 0 amide bonds. The minimum absolute atomic E-state index is 0.0624. The van der Waals surface area contributed by atoms with Crippen molar-refractivity contribution in [3.8, 4) is 0 Å². The molecule has 1 atom stereocenters. The van der Waals surface area contributed by atoms with Gasteiger partial charge in [0, 0.05) is 0 Å². The van der Waals surface area contributed by atoms with Gasteiger partial charge in [0.1, 0.15) is 6.10 Å². The SMILES string of the molecule is CC(C)C1OC1(S(=O)(=O)c1ccccc1)S(=O)(=O)c1ccccc1. The van der Waals surface area contributed by atoms with E-state index in [4.69, 9.17) is 4.74 Å². The van der Waals surface area contributed by atoms with Gasteiger partial charge in [-0.1, -0.05) is 50.2 Å². The van der Waals surface area contributed by atoms with E-state index in [2.05, 4.69) is 0 Å². The van der Waals surface area contributed by atoms with Gasteiger partial charge in [-0.05, 0) is 30.2 Å². The molecule has 1 fully saturated rings. The molecule has 1 aliphatic rings. The van der Waals surface area contributed by atoms with Crippen molar-refractivity contribution in [3.63, 3.8) is 0 Å². The van der Waals surface area contributed by atoms with E-state index in [1.165, 1.54) is 24.3 Å². The first-order valence-electron chi connectivity index (χ1n) is 7.52. The molecule has 3 rings (SSSR count). The van der Waals surface area contributed by atoms with Gasteiger partial charge < -0.3 is 4.74 Å². The highest BCUT2D eigenvalue weighted by molar-refractivity contribution is 8.10. The van der Waals surface area contributed by atoms with E-state index in [-0.39, 0.29) is 15.7 Å². The predicted molar refractivity (Wildman–Crippen MR) is 89.7 cm³/mol. The van der Waals surface area contributed by atoms with Crippen molar-refractivity contribution in [1.82, 2.24) is 0 Å². The number of sulfone groups is 2. The quantitative estimate of drug-likeness (QED) is 0.760. The Morgan fingerprint density at radius 2 is 1.17 bits per heavy atom. The van der Waals surface area contributed by atoms with Crippen LogP contribution >= 0.6 is 0 Å². The lowest BCUT2D eigenvalue weighted by molar-refractivity contribution is 0.339. The van der Waals surface area contributed by atoms with Crippen LogP contribution in [0, 0.1) is 5.92 Å². The van der Waals surface area contributed by atoms with Crippen LogP contribution in [0.15, 0.2) is 70.5 Å². The van der Waals surface area contributed by atoms with Crippen LogP contribution in [0.5, 0.6) is 0 Å². The van der Waals surface area contributed by atoms with E-state index in [1.54, 1.807) is 50.2 Å². The van der Waals surface area contributed by atoms with Gasteiger partial charge in [-0.25, -0.2) is 16.8 Å². The molecule has 128 valence electrons. The lowest BCUT2D eigenvalue weighted by Gasteiger charge is -2.16. The summed E-state index contributed by atoms with van der Waals surface area (Å²) in [5.41, 5.74) is 0. The third kappa shape index (κ3) is 2.30. The second-order valence-electron chi connectivity index (χ2n) is 6.02. The highest BCUT2D eigenvalue weighted by Gasteiger charge is 2.76. The first-order chi connectivity index (χ1) is 11.2. The fourth-order valence-corrected chi connectivity index (χ4v) is 7.83. The third-order valence-electron chi connectivity index (χ3n) is 4.04. The Hall–Kier alpha value is -1.70. The molecule has 2 aromatic carbocycles. The number of benzene rings is 2. The molecule has 2 aromatic rings. The lowest BCUT2D eigenvalue weighted by Crippen LogP contribution is -2.38. The molecule has 0 N–H and O–H groups in total. The van der Waals surface area contributed by atoms with E-state index < -0.39 is 30.0 Å². The summed E-state index contributed by atoms with van der Waals surface area (Å²) in [7, 11) is -8.48. The van der Waals surface area contributed by atoms with E-state index in [0.29, 0.717) is 0 Å². The van der Waals surface area contributed by atoms with E-state index in [1.807, 2.05) is 0 Å². The standard InChI is InChI=1S/C17H18O5S2/c1-13(2)16-17(22-16,23(18,19)14-9-5-3-6-10-14)24(20,21)15-11-7-4-8-12-15/h3-13,16H,1-2H3. The van der Waals surface area contributed by atoms with Crippen LogP contribution in [0.3, 0.4) is 0 Å². The number of epoxide rings is 1. The number of hydrogen-bond donors (Lipinski definition) is 0. The Bertz CT molecular complexity index is 863. The highest BCUT2D eigenvalue weighted by Crippen LogP contribution is 2.54. The predicted octanol–water partition coefficient (Wildman–Crippen LogP) is 2.64. The van der Waals surface area contributed by atoms with Gasteiger partial charge >= 0.3 is 4.27 Å². The molecule has 0 radical (unpaired) electrons. The van der Waals surface area contributed by atoms with E-state index >= 15 is 0 Å². The van der Waals surface area contributed by atoms with Crippen molar-refractivity contribution in [1.29, 1.82) is 0 Å². The molecular formula is C17H18O5S2. The van der Waals surface area contributed by atoms with Crippen molar-refractivity contribution in [2.45, 2.75) is 34.0 Å². The molecule has 24 heavy (non-hydrogen) atoms. The maximum absolute atomic E-state index is 13.1. The molecule has 0 saturated carbocycles. The van der Waals surface area contributed by atoms with Crippen molar-refractivity contribution in [2.75, 3.05) is 0 Å². The third-order valence-corrected chi connectivity index (χ3v) is 9.30. The molecule has 1 unspecified atom stereocenters. The first kappa shape index (κ1) is 17.1. The zero-order valence-corrected chi connectivity index (χ0v) is 14.9. The summed E-state index contributed by atoms with van der Waals surface area (Å²) in [6, 6.07) is 15.1. The van der Waals surface area contributed by atoms with Crippen LogP contribution in [0.1, 0.15) is 13.8 Å².